The molecule has 1 aliphatic rings. The third-order valence-corrected chi connectivity index (χ3v) is 4.85. The van der Waals surface area contributed by atoms with Crippen LogP contribution in [0.3, 0.4) is 0 Å². The van der Waals surface area contributed by atoms with Crippen molar-refractivity contribution in [1.29, 1.82) is 0 Å². The molecule has 1 aliphatic heterocycles. The van der Waals surface area contributed by atoms with Crippen LogP contribution in [0.15, 0.2) is 48.5 Å². The molecule has 3 rings (SSSR count). The summed E-state index contributed by atoms with van der Waals surface area (Å²) >= 11 is 0. The van der Waals surface area contributed by atoms with E-state index >= 15 is 0 Å². The van der Waals surface area contributed by atoms with Crippen LogP contribution in [0.4, 0.5) is 5.69 Å². The minimum atomic E-state index is 0.255. The predicted molar refractivity (Wildman–Crippen MR) is 97.3 cm³/mol. The van der Waals surface area contributed by atoms with Gasteiger partial charge in [-0.3, -0.25) is 0 Å². The molecule has 0 bridgehead atoms. The third kappa shape index (κ3) is 2.81. The van der Waals surface area contributed by atoms with Gasteiger partial charge in [0, 0.05) is 19.3 Å². The molecule has 0 atom stereocenters. The van der Waals surface area contributed by atoms with E-state index in [4.69, 9.17) is 0 Å². The highest BCUT2D eigenvalue weighted by molar-refractivity contribution is 5.81. The van der Waals surface area contributed by atoms with Gasteiger partial charge in [-0.25, -0.2) is 0 Å². The lowest BCUT2D eigenvalue weighted by Crippen LogP contribution is -2.34. The molecule has 22 heavy (non-hydrogen) atoms. The number of anilines is 1. The molecule has 0 fully saturated rings. The molecule has 1 heterocycles. The van der Waals surface area contributed by atoms with Crippen LogP contribution in [0.5, 0.6) is 0 Å². The Balaban J connectivity index is 2.01. The Bertz CT molecular complexity index is 695. The second kappa shape index (κ2) is 5.64. The summed E-state index contributed by atoms with van der Waals surface area (Å²) in [6.45, 7) is 8.06. The quantitative estimate of drug-likeness (QED) is 0.673. The first-order valence-electron chi connectivity index (χ1n) is 8.07. The average Bonchev–Trinajstić information content (AvgIpc) is 2.52. The van der Waals surface area contributed by atoms with E-state index in [1.54, 1.807) is 0 Å². The SMILES string of the molecule is C/C(=C\c1ccccc1)c1ccc2c(c1)C(C)(C)CCN2C. The van der Waals surface area contributed by atoms with Crippen molar-refractivity contribution < 1.29 is 0 Å². The fourth-order valence-corrected chi connectivity index (χ4v) is 3.24. The van der Waals surface area contributed by atoms with Gasteiger partial charge in [-0.1, -0.05) is 56.3 Å². The zero-order valence-corrected chi connectivity index (χ0v) is 14.1. The van der Waals surface area contributed by atoms with E-state index in [9.17, 15) is 0 Å². The first kappa shape index (κ1) is 14.9. The summed E-state index contributed by atoms with van der Waals surface area (Å²) in [5.41, 5.74) is 7.01. The summed E-state index contributed by atoms with van der Waals surface area (Å²) in [4.78, 5) is 2.38. The Labute approximate surface area is 134 Å². The van der Waals surface area contributed by atoms with E-state index in [-0.39, 0.29) is 5.41 Å². The lowest BCUT2D eigenvalue weighted by Gasteiger charge is -2.38. The van der Waals surface area contributed by atoms with Crippen LogP contribution in [0.2, 0.25) is 0 Å². The van der Waals surface area contributed by atoms with Crippen molar-refractivity contribution in [3.8, 4) is 0 Å². The molecule has 0 radical (unpaired) electrons. The van der Waals surface area contributed by atoms with Gasteiger partial charge in [0.2, 0.25) is 0 Å². The number of benzene rings is 2. The second-order valence-electron chi connectivity index (χ2n) is 7.03. The van der Waals surface area contributed by atoms with Crippen LogP contribution >= 0.6 is 0 Å². The van der Waals surface area contributed by atoms with Gasteiger partial charge in [0.25, 0.3) is 0 Å². The van der Waals surface area contributed by atoms with E-state index in [2.05, 4.69) is 87.3 Å². The third-order valence-electron chi connectivity index (χ3n) is 4.85. The summed E-state index contributed by atoms with van der Waals surface area (Å²) in [5, 5.41) is 0. The number of nitrogens with zero attached hydrogens (tertiary/aromatic N) is 1. The van der Waals surface area contributed by atoms with E-state index in [0.29, 0.717) is 0 Å². The number of rotatable bonds is 2. The highest BCUT2D eigenvalue weighted by atomic mass is 15.1. The molecule has 0 aliphatic carbocycles. The number of hydrogen-bond donors (Lipinski definition) is 0. The first-order chi connectivity index (χ1) is 10.5. The minimum absolute atomic E-state index is 0.255. The molecule has 2 aromatic carbocycles. The molecule has 1 nitrogen and oxygen atoms in total. The Morgan fingerprint density at radius 2 is 1.82 bits per heavy atom. The average molecular weight is 291 g/mol. The van der Waals surface area contributed by atoms with Gasteiger partial charge in [-0.15, -0.1) is 0 Å². The molecule has 1 heteroatoms. The Hall–Kier alpha value is -2.02. The van der Waals surface area contributed by atoms with Gasteiger partial charge in [0.05, 0.1) is 0 Å². The van der Waals surface area contributed by atoms with Crippen LogP contribution in [0, 0.1) is 0 Å². The smallest absolute Gasteiger partial charge is 0.0402 e. The largest absolute Gasteiger partial charge is 0.374 e. The van der Waals surface area contributed by atoms with Crippen molar-refractivity contribution in [2.75, 3.05) is 18.5 Å². The van der Waals surface area contributed by atoms with E-state index in [1.165, 1.54) is 34.4 Å². The van der Waals surface area contributed by atoms with Gasteiger partial charge in [-0.05, 0) is 53.2 Å². The Morgan fingerprint density at radius 1 is 1.09 bits per heavy atom. The van der Waals surface area contributed by atoms with Gasteiger partial charge < -0.3 is 4.90 Å². The Morgan fingerprint density at radius 3 is 2.55 bits per heavy atom. The predicted octanol–water partition coefficient (Wildman–Crippen LogP) is 5.36. The molecule has 0 saturated carbocycles. The van der Waals surface area contributed by atoms with Crippen LogP contribution in [0.1, 0.15) is 43.9 Å². The van der Waals surface area contributed by atoms with Crippen molar-refractivity contribution in [3.63, 3.8) is 0 Å². The van der Waals surface area contributed by atoms with E-state index in [1.807, 2.05) is 0 Å². The number of fused-ring (bicyclic) bond motifs is 1. The molecule has 0 aromatic heterocycles. The summed E-state index contributed by atoms with van der Waals surface area (Å²) < 4.78 is 0. The summed E-state index contributed by atoms with van der Waals surface area (Å²) in [6.07, 6.45) is 3.47. The molecular formula is C21H25N. The van der Waals surface area contributed by atoms with E-state index in [0.717, 1.165) is 6.54 Å². The van der Waals surface area contributed by atoms with Crippen LogP contribution in [0.25, 0.3) is 11.6 Å². The van der Waals surface area contributed by atoms with Crippen molar-refractivity contribution in [2.45, 2.75) is 32.6 Å². The fourth-order valence-electron chi connectivity index (χ4n) is 3.24. The van der Waals surface area contributed by atoms with Crippen molar-refractivity contribution in [1.82, 2.24) is 0 Å². The molecular weight excluding hydrogens is 266 g/mol. The normalized spacial score (nSPS) is 17.3. The van der Waals surface area contributed by atoms with Crippen molar-refractivity contribution in [2.24, 2.45) is 0 Å². The fraction of sp³-hybridized carbons (Fsp3) is 0.333. The van der Waals surface area contributed by atoms with Gasteiger partial charge >= 0.3 is 0 Å². The van der Waals surface area contributed by atoms with Crippen LogP contribution in [-0.2, 0) is 5.41 Å². The zero-order chi connectivity index (χ0) is 15.7. The second-order valence-corrected chi connectivity index (χ2v) is 7.03. The standard InChI is InChI=1S/C21H25N/c1-16(14-17-8-6-5-7-9-17)18-10-11-20-19(15-18)21(2,3)12-13-22(20)4/h5-11,14-15H,12-13H2,1-4H3/b16-14+. The summed E-state index contributed by atoms with van der Waals surface area (Å²) in [7, 11) is 2.19. The molecule has 0 spiro atoms. The molecule has 0 saturated heterocycles. The molecule has 2 aromatic rings. The van der Waals surface area contributed by atoms with Gasteiger partial charge in [0.15, 0.2) is 0 Å². The highest BCUT2D eigenvalue weighted by Gasteiger charge is 2.29. The monoisotopic (exact) mass is 291 g/mol. The minimum Gasteiger partial charge on any atom is -0.374 e. The maximum Gasteiger partial charge on any atom is 0.0402 e. The topological polar surface area (TPSA) is 3.24 Å². The lowest BCUT2D eigenvalue weighted by molar-refractivity contribution is 0.462. The lowest BCUT2D eigenvalue weighted by atomic mass is 9.77. The van der Waals surface area contributed by atoms with E-state index < -0.39 is 0 Å². The maximum atomic E-state index is 2.39. The van der Waals surface area contributed by atoms with Crippen molar-refractivity contribution in [3.05, 3.63) is 65.2 Å². The molecule has 0 N–H and O–H groups in total. The Kier molecular flexibility index (Phi) is 3.82. The highest BCUT2D eigenvalue weighted by Crippen LogP contribution is 2.40. The molecule has 0 amide bonds. The maximum absolute atomic E-state index is 2.39. The van der Waals surface area contributed by atoms with Crippen LogP contribution in [-0.4, -0.2) is 13.6 Å². The van der Waals surface area contributed by atoms with Gasteiger partial charge in [0.1, 0.15) is 0 Å². The zero-order valence-electron chi connectivity index (χ0n) is 14.1. The molecule has 0 unspecified atom stereocenters. The first-order valence-corrected chi connectivity index (χ1v) is 8.07. The summed E-state index contributed by atoms with van der Waals surface area (Å²) in [5.74, 6) is 0. The van der Waals surface area contributed by atoms with Crippen LogP contribution < -0.4 is 4.90 Å². The summed E-state index contributed by atoms with van der Waals surface area (Å²) in [6, 6.07) is 17.5. The number of hydrogen-bond acceptors (Lipinski definition) is 1. The molecule has 114 valence electrons. The van der Waals surface area contributed by atoms with Gasteiger partial charge in [-0.2, -0.15) is 0 Å². The van der Waals surface area contributed by atoms with Crippen molar-refractivity contribution >= 4 is 17.3 Å². The number of allylic oxidation sites excluding steroid dienone is 1.